The van der Waals surface area contributed by atoms with E-state index in [0.29, 0.717) is 6.61 Å². The molecule has 0 bridgehead atoms. The zero-order valence-corrected chi connectivity index (χ0v) is 13.1. The summed E-state index contributed by atoms with van der Waals surface area (Å²) in [7, 11) is 0. The molecule has 0 amide bonds. The predicted octanol–water partition coefficient (Wildman–Crippen LogP) is 4.48. The third kappa shape index (κ3) is 3.35. The van der Waals surface area contributed by atoms with Crippen molar-refractivity contribution in [1.82, 2.24) is 4.98 Å². The van der Waals surface area contributed by atoms with Crippen LogP contribution in [-0.4, -0.2) is 4.98 Å². The molecule has 2 nitrogen and oxygen atoms in total. The maximum Gasteiger partial charge on any atom is 0.130 e. The van der Waals surface area contributed by atoms with E-state index in [9.17, 15) is 0 Å². The second-order valence-electron chi connectivity index (χ2n) is 4.75. The highest BCUT2D eigenvalue weighted by Gasteiger charge is 2.07. The minimum atomic E-state index is 0.516. The van der Waals surface area contributed by atoms with Crippen LogP contribution in [0.25, 0.3) is 0 Å². The van der Waals surface area contributed by atoms with Gasteiger partial charge in [0.1, 0.15) is 12.4 Å². The Morgan fingerprint density at radius 1 is 1.11 bits per heavy atom. The van der Waals surface area contributed by atoms with E-state index in [4.69, 9.17) is 4.74 Å². The van der Waals surface area contributed by atoms with Crippen LogP contribution in [0, 0.1) is 20.8 Å². The van der Waals surface area contributed by atoms with Gasteiger partial charge >= 0.3 is 0 Å². The van der Waals surface area contributed by atoms with Crippen LogP contribution < -0.4 is 4.74 Å². The quantitative estimate of drug-likeness (QED) is 0.775. The normalized spacial score (nSPS) is 10.5. The number of hydrogen-bond acceptors (Lipinski definition) is 2. The van der Waals surface area contributed by atoms with Crippen LogP contribution in [0.1, 0.15) is 27.9 Å². The Bertz CT molecular complexity index is 558. The van der Waals surface area contributed by atoms with E-state index in [1.165, 1.54) is 16.7 Å². The van der Waals surface area contributed by atoms with Gasteiger partial charge in [0.05, 0.1) is 5.69 Å². The van der Waals surface area contributed by atoms with Crippen molar-refractivity contribution < 1.29 is 4.74 Å². The molecule has 0 saturated heterocycles. The van der Waals surface area contributed by atoms with Crippen molar-refractivity contribution in [1.29, 1.82) is 0 Å². The fourth-order valence-corrected chi connectivity index (χ4v) is 2.48. The van der Waals surface area contributed by atoms with Crippen LogP contribution in [0.2, 0.25) is 0 Å². The number of halogens is 1. The molecule has 2 aromatic rings. The molecule has 19 heavy (non-hydrogen) atoms. The molecule has 0 aliphatic carbocycles. The number of aryl methyl sites for hydroxylation is 3. The standard InChI is InChI=1S/C16H18BrNO/c1-11-5-4-6-18-15(11)10-19-16-12(2)7-14(9-17)8-13(16)3/h4-8H,9-10H2,1-3H3. The van der Waals surface area contributed by atoms with Gasteiger partial charge in [-0.1, -0.05) is 34.1 Å². The Kier molecular flexibility index (Phi) is 4.59. The Balaban J connectivity index is 2.18. The highest BCUT2D eigenvalue weighted by atomic mass is 79.9. The van der Waals surface area contributed by atoms with Crippen LogP contribution in [0.4, 0.5) is 0 Å². The van der Waals surface area contributed by atoms with E-state index in [-0.39, 0.29) is 0 Å². The smallest absolute Gasteiger partial charge is 0.130 e. The number of alkyl halides is 1. The topological polar surface area (TPSA) is 22.1 Å². The third-order valence-electron chi connectivity index (χ3n) is 3.15. The predicted molar refractivity (Wildman–Crippen MR) is 81.9 cm³/mol. The maximum atomic E-state index is 5.96. The summed E-state index contributed by atoms with van der Waals surface area (Å²) >= 11 is 3.48. The first kappa shape index (κ1) is 14.1. The Labute approximate surface area is 123 Å². The summed E-state index contributed by atoms with van der Waals surface area (Å²) in [6, 6.07) is 8.31. The number of ether oxygens (including phenoxy) is 1. The molecule has 0 aliphatic rings. The van der Waals surface area contributed by atoms with Crippen molar-refractivity contribution >= 4 is 15.9 Å². The number of rotatable bonds is 4. The molecule has 0 spiro atoms. The number of nitrogens with zero attached hydrogens (tertiary/aromatic N) is 1. The molecule has 0 aliphatic heterocycles. The SMILES string of the molecule is Cc1cccnc1COc1c(C)cc(CBr)cc1C. The molecule has 1 aromatic heterocycles. The van der Waals surface area contributed by atoms with Crippen molar-refractivity contribution in [2.75, 3.05) is 0 Å². The van der Waals surface area contributed by atoms with Gasteiger partial charge in [0, 0.05) is 11.5 Å². The van der Waals surface area contributed by atoms with Gasteiger partial charge in [-0.15, -0.1) is 0 Å². The third-order valence-corrected chi connectivity index (χ3v) is 3.79. The van der Waals surface area contributed by atoms with Crippen molar-refractivity contribution in [2.24, 2.45) is 0 Å². The molecular formula is C16H18BrNO. The number of hydrogen-bond donors (Lipinski definition) is 0. The molecule has 3 heteroatoms. The minimum Gasteiger partial charge on any atom is -0.487 e. The average molecular weight is 320 g/mol. The van der Waals surface area contributed by atoms with Gasteiger partial charge in [-0.25, -0.2) is 0 Å². The van der Waals surface area contributed by atoms with Gasteiger partial charge in [-0.3, -0.25) is 4.98 Å². The molecular weight excluding hydrogens is 302 g/mol. The van der Waals surface area contributed by atoms with E-state index < -0.39 is 0 Å². The van der Waals surface area contributed by atoms with Crippen molar-refractivity contribution in [3.05, 3.63) is 58.4 Å². The Hall–Kier alpha value is -1.35. The summed E-state index contributed by atoms with van der Waals surface area (Å²) in [4.78, 5) is 4.35. The largest absolute Gasteiger partial charge is 0.487 e. The summed E-state index contributed by atoms with van der Waals surface area (Å²) in [5, 5.41) is 0.869. The van der Waals surface area contributed by atoms with E-state index in [1.54, 1.807) is 6.20 Å². The highest BCUT2D eigenvalue weighted by molar-refractivity contribution is 9.08. The molecule has 0 N–H and O–H groups in total. The van der Waals surface area contributed by atoms with Crippen molar-refractivity contribution in [3.63, 3.8) is 0 Å². The summed E-state index contributed by atoms with van der Waals surface area (Å²) in [6.07, 6.45) is 1.80. The van der Waals surface area contributed by atoms with Gasteiger partial charge < -0.3 is 4.74 Å². The summed E-state index contributed by atoms with van der Waals surface area (Å²) in [5.41, 5.74) is 5.77. The molecule has 1 aromatic carbocycles. The minimum absolute atomic E-state index is 0.516. The molecule has 100 valence electrons. The molecule has 0 radical (unpaired) electrons. The number of benzene rings is 1. The first-order valence-corrected chi connectivity index (χ1v) is 7.43. The number of pyridine rings is 1. The summed E-state index contributed by atoms with van der Waals surface area (Å²) in [5.74, 6) is 0.967. The van der Waals surface area contributed by atoms with Crippen molar-refractivity contribution in [2.45, 2.75) is 32.7 Å². The lowest BCUT2D eigenvalue weighted by Gasteiger charge is -2.14. The van der Waals surface area contributed by atoms with Gasteiger partial charge in [0.15, 0.2) is 0 Å². The van der Waals surface area contributed by atoms with Crippen LogP contribution in [0.3, 0.4) is 0 Å². The molecule has 2 rings (SSSR count). The highest BCUT2D eigenvalue weighted by Crippen LogP contribution is 2.26. The lowest BCUT2D eigenvalue weighted by atomic mass is 10.1. The Morgan fingerprint density at radius 3 is 2.37 bits per heavy atom. The van der Waals surface area contributed by atoms with Gasteiger partial charge in [-0.2, -0.15) is 0 Å². The van der Waals surface area contributed by atoms with E-state index in [1.807, 2.05) is 6.07 Å². The van der Waals surface area contributed by atoms with Crippen LogP contribution in [0.15, 0.2) is 30.5 Å². The second-order valence-corrected chi connectivity index (χ2v) is 5.31. The molecule has 0 fully saturated rings. The molecule has 0 atom stereocenters. The Morgan fingerprint density at radius 2 is 1.79 bits per heavy atom. The van der Waals surface area contributed by atoms with Crippen LogP contribution in [-0.2, 0) is 11.9 Å². The zero-order chi connectivity index (χ0) is 13.8. The summed E-state index contributed by atoms with van der Waals surface area (Å²) in [6.45, 7) is 6.74. The fourth-order valence-electron chi connectivity index (χ4n) is 2.15. The van der Waals surface area contributed by atoms with Gasteiger partial charge in [0.25, 0.3) is 0 Å². The first-order valence-electron chi connectivity index (χ1n) is 6.31. The van der Waals surface area contributed by atoms with Crippen LogP contribution >= 0.6 is 15.9 Å². The lowest BCUT2D eigenvalue weighted by molar-refractivity contribution is 0.296. The monoisotopic (exact) mass is 319 g/mol. The fraction of sp³-hybridized carbons (Fsp3) is 0.312. The lowest BCUT2D eigenvalue weighted by Crippen LogP contribution is -2.03. The van der Waals surface area contributed by atoms with Gasteiger partial charge in [-0.05, 0) is 49.1 Å². The maximum absolute atomic E-state index is 5.96. The first-order chi connectivity index (χ1) is 9.11. The molecule has 0 saturated carbocycles. The zero-order valence-electron chi connectivity index (χ0n) is 11.5. The second kappa shape index (κ2) is 6.20. The van der Waals surface area contributed by atoms with Crippen molar-refractivity contribution in [3.8, 4) is 5.75 Å². The van der Waals surface area contributed by atoms with Gasteiger partial charge in [0.2, 0.25) is 0 Å². The van der Waals surface area contributed by atoms with E-state index in [0.717, 1.165) is 22.3 Å². The van der Waals surface area contributed by atoms with E-state index in [2.05, 4.69) is 59.9 Å². The van der Waals surface area contributed by atoms with Crippen LogP contribution in [0.5, 0.6) is 5.75 Å². The average Bonchev–Trinajstić information content (AvgIpc) is 2.39. The summed E-state index contributed by atoms with van der Waals surface area (Å²) < 4.78 is 5.96. The molecule has 1 heterocycles. The number of aromatic nitrogens is 1. The van der Waals surface area contributed by atoms with E-state index >= 15 is 0 Å². The molecule has 0 unspecified atom stereocenters.